The van der Waals surface area contributed by atoms with E-state index in [1.807, 2.05) is 19.1 Å². The van der Waals surface area contributed by atoms with Crippen LogP contribution < -0.4 is 5.32 Å². The summed E-state index contributed by atoms with van der Waals surface area (Å²) in [5.41, 5.74) is 3.35. The fourth-order valence-electron chi connectivity index (χ4n) is 2.90. The third-order valence-corrected chi connectivity index (χ3v) is 5.69. The van der Waals surface area contributed by atoms with Crippen molar-refractivity contribution in [2.24, 2.45) is 0 Å². The van der Waals surface area contributed by atoms with Crippen molar-refractivity contribution in [1.29, 1.82) is 0 Å². The van der Waals surface area contributed by atoms with Crippen molar-refractivity contribution in [1.82, 2.24) is 0 Å². The van der Waals surface area contributed by atoms with Gasteiger partial charge in [-0.3, -0.25) is 9.59 Å². The fraction of sp³-hybridized carbons (Fsp3) is 0.174. The van der Waals surface area contributed by atoms with Crippen LogP contribution in [0.1, 0.15) is 39.1 Å². The first-order valence-corrected chi connectivity index (χ1v) is 10.5. The normalized spacial score (nSPS) is 10.5. The number of methoxy groups -OCH3 is 1. The van der Waals surface area contributed by atoms with Gasteiger partial charge in [0.15, 0.2) is 5.78 Å². The second-order valence-corrected chi connectivity index (χ2v) is 8.01. The third-order valence-electron chi connectivity index (χ3n) is 4.54. The second-order valence-electron chi connectivity index (χ2n) is 6.69. The number of thiophene rings is 1. The van der Waals surface area contributed by atoms with Crippen molar-refractivity contribution in [3.63, 3.8) is 0 Å². The van der Waals surface area contributed by atoms with Crippen LogP contribution in [0.2, 0.25) is 5.02 Å². The number of ketones is 1. The van der Waals surface area contributed by atoms with Gasteiger partial charge in [0, 0.05) is 34.4 Å². The van der Waals surface area contributed by atoms with Crippen LogP contribution in [0.5, 0.6) is 0 Å². The molecule has 1 aromatic heterocycles. The molecule has 0 fully saturated rings. The van der Waals surface area contributed by atoms with E-state index < -0.39 is 5.97 Å². The number of amides is 1. The zero-order valence-corrected chi connectivity index (χ0v) is 18.1. The van der Waals surface area contributed by atoms with Crippen LogP contribution >= 0.6 is 22.9 Å². The summed E-state index contributed by atoms with van der Waals surface area (Å²) in [6.45, 7) is 1.94. The number of esters is 1. The highest BCUT2D eigenvalue weighted by molar-refractivity contribution is 7.15. The minimum atomic E-state index is -0.549. The van der Waals surface area contributed by atoms with E-state index in [9.17, 15) is 14.4 Å². The molecule has 1 N–H and O–H groups in total. The van der Waals surface area contributed by atoms with Crippen LogP contribution in [-0.4, -0.2) is 24.8 Å². The Hall–Kier alpha value is -2.96. The predicted molar refractivity (Wildman–Crippen MR) is 119 cm³/mol. The number of carbonyl (C=O) groups excluding carboxylic acids is 3. The summed E-state index contributed by atoms with van der Waals surface area (Å²) in [6, 6.07) is 14.3. The number of aryl methyl sites for hydroxylation is 1. The SMILES string of the molecule is COC(=O)c1c(-c2ccc(Cl)cc2)csc1NC(=O)CCC(=O)c1ccc(C)cc1. The number of carbonyl (C=O) groups is 3. The Morgan fingerprint density at radius 2 is 1.67 bits per heavy atom. The molecule has 3 rings (SSSR count). The highest BCUT2D eigenvalue weighted by Gasteiger charge is 2.22. The zero-order chi connectivity index (χ0) is 21.7. The molecule has 2 aromatic carbocycles. The van der Waals surface area contributed by atoms with Gasteiger partial charge in [-0.1, -0.05) is 53.6 Å². The minimum Gasteiger partial charge on any atom is -0.465 e. The lowest BCUT2D eigenvalue weighted by atomic mass is 10.0. The van der Waals surface area contributed by atoms with E-state index in [-0.39, 0.29) is 30.1 Å². The molecule has 0 bridgehead atoms. The van der Waals surface area contributed by atoms with Crippen LogP contribution in [-0.2, 0) is 9.53 Å². The molecule has 0 aliphatic rings. The van der Waals surface area contributed by atoms with Gasteiger partial charge in [0.25, 0.3) is 0 Å². The van der Waals surface area contributed by atoms with Crippen molar-refractivity contribution < 1.29 is 19.1 Å². The van der Waals surface area contributed by atoms with Crippen molar-refractivity contribution in [3.8, 4) is 11.1 Å². The topological polar surface area (TPSA) is 72.5 Å². The Balaban J connectivity index is 1.73. The zero-order valence-electron chi connectivity index (χ0n) is 16.5. The van der Waals surface area contributed by atoms with E-state index in [0.29, 0.717) is 21.2 Å². The number of ether oxygens (including phenoxy) is 1. The number of benzene rings is 2. The van der Waals surface area contributed by atoms with Gasteiger partial charge in [0.1, 0.15) is 10.6 Å². The van der Waals surface area contributed by atoms with E-state index >= 15 is 0 Å². The molecule has 0 spiro atoms. The van der Waals surface area contributed by atoms with Crippen LogP contribution in [0.25, 0.3) is 11.1 Å². The van der Waals surface area contributed by atoms with E-state index in [1.165, 1.54) is 18.4 Å². The van der Waals surface area contributed by atoms with Gasteiger partial charge < -0.3 is 10.1 Å². The maximum absolute atomic E-state index is 12.4. The molecule has 0 radical (unpaired) electrons. The maximum atomic E-state index is 12.4. The average molecular weight is 442 g/mol. The molecule has 7 heteroatoms. The summed E-state index contributed by atoms with van der Waals surface area (Å²) in [4.78, 5) is 37.1. The van der Waals surface area contributed by atoms with Gasteiger partial charge >= 0.3 is 5.97 Å². The van der Waals surface area contributed by atoms with Gasteiger partial charge in [-0.2, -0.15) is 0 Å². The highest BCUT2D eigenvalue weighted by Crippen LogP contribution is 2.36. The van der Waals surface area contributed by atoms with Gasteiger partial charge in [-0.05, 0) is 24.6 Å². The smallest absolute Gasteiger partial charge is 0.341 e. The molecular weight excluding hydrogens is 422 g/mol. The summed E-state index contributed by atoms with van der Waals surface area (Å²) >= 11 is 7.17. The number of Topliss-reactive ketones (excluding diaryl/α,β-unsaturated/α-hetero) is 1. The summed E-state index contributed by atoms with van der Waals surface area (Å²) in [7, 11) is 1.29. The maximum Gasteiger partial charge on any atom is 0.341 e. The lowest BCUT2D eigenvalue weighted by Gasteiger charge is -2.08. The fourth-order valence-corrected chi connectivity index (χ4v) is 4.00. The number of nitrogens with one attached hydrogen (secondary N) is 1. The lowest BCUT2D eigenvalue weighted by Crippen LogP contribution is -2.15. The molecule has 0 atom stereocenters. The van der Waals surface area contributed by atoms with Gasteiger partial charge in [0.05, 0.1) is 7.11 Å². The Kier molecular flexibility index (Phi) is 7.03. The molecule has 1 amide bonds. The molecule has 0 unspecified atom stereocenters. The summed E-state index contributed by atoms with van der Waals surface area (Å²) in [5.74, 6) is -0.997. The van der Waals surface area contributed by atoms with Gasteiger partial charge in [-0.15, -0.1) is 11.3 Å². The number of anilines is 1. The first-order valence-electron chi connectivity index (χ1n) is 9.24. The van der Waals surface area contributed by atoms with Crippen molar-refractivity contribution in [2.75, 3.05) is 12.4 Å². The molecule has 0 saturated carbocycles. The Morgan fingerprint density at radius 3 is 2.30 bits per heavy atom. The monoisotopic (exact) mass is 441 g/mol. The number of hydrogen-bond acceptors (Lipinski definition) is 5. The number of hydrogen-bond donors (Lipinski definition) is 1. The third kappa shape index (κ3) is 5.14. The average Bonchev–Trinajstić information content (AvgIpc) is 3.15. The van der Waals surface area contributed by atoms with Crippen molar-refractivity contribution in [2.45, 2.75) is 19.8 Å². The molecule has 30 heavy (non-hydrogen) atoms. The van der Waals surface area contributed by atoms with Crippen LogP contribution in [0.4, 0.5) is 5.00 Å². The molecule has 3 aromatic rings. The van der Waals surface area contributed by atoms with Crippen LogP contribution in [0.3, 0.4) is 0 Å². The van der Waals surface area contributed by atoms with E-state index in [4.69, 9.17) is 16.3 Å². The van der Waals surface area contributed by atoms with Crippen molar-refractivity contribution in [3.05, 3.63) is 75.6 Å². The minimum absolute atomic E-state index is 0.0154. The standard InChI is InChI=1S/C23H20ClNO4S/c1-14-3-5-16(6-4-14)19(26)11-12-20(27)25-22-21(23(28)29-2)18(13-30-22)15-7-9-17(24)10-8-15/h3-10,13H,11-12H2,1-2H3,(H,25,27). The number of rotatable bonds is 7. The Labute approximate surface area is 183 Å². The van der Waals surface area contributed by atoms with Crippen molar-refractivity contribution >= 4 is 45.6 Å². The Morgan fingerprint density at radius 1 is 1.00 bits per heavy atom. The summed E-state index contributed by atoms with van der Waals surface area (Å²) < 4.78 is 4.90. The molecule has 0 aliphatic heterocycles. The Bertz CT molecular complexity index is 1070. The predicted octanol–water partition coefficient (Wildman–Crippen LogP) is 5.77. The molecular formula is C23H20ClNO4S. The molecule has 0 aliphatic carbocycles. The van der Waals surface area contributed by atoms with E-state index in [0.717, 1.165) is 11.1 Å². The van der Waals surface area contributed by atoms with Gasteiger partial charge in [0.2, 0.25) is 5.91 Å². The first kappa shape index (κ1) is 21.7. The quantitative estimate of drug-likeness (QED) is 0.373. The molecule has 154 valence electrons. The second kappa shape index (κ2) is 9.69. The van der Waals surface area contributed by atoms with Crippen LogP contribution in [0.15, 0.2) is 53.9 Å². The summed E-state index contributed by atoms with van der Waals surface area (Å²) in [6.07, 6.45) is 0.0966. The van der Waals surface area contributed by atoms with Crippen LogP contribution in [0, 0.1) is 6.92 Å². The van der Waals surface area contributed by atoms with E-state index in [1.54, 1.807) is 41.8 Å². The number of halogens is 1. The molecule has 5 nitrogen and oxygen atoms in total. The van der Waals surface area contributed by atoms with Gasteiger partial charge in [-0.25, -0.2) is 4.79 Å². The summed E-state index contributed by atoms with van der Waals surface area (Å²) in [5, 5.41) is 5.50. The van der Waals surface area contributed by atoms with E-state index in [2.05, 4.69) is 5.32 Å². The molecule has 0 saturated heterocycles. The lowest BCUT2D eigenvalue weighted by molar-refractivity contribution is -0.116. The molecule has 1 heterocycles. The largest absolute Gasteiger partial charge is 0.465 e. The highest BCUT2D eigenvalue weighted by atomic mass is 35.5. The first-order chi connectivity index (χ1) is 14.4.